The number of hydrogen-bond donors (Lipinski definition) is 0. The van der Waals surface area contributed by atoms with Gasteiger partial charge in [0, 0.05) is 14.2 Å². The fraction of sp³-hybridized carbons (Fsp3) is 0.824. The molecule has 1 aromatic heterocycles. The second-order valence-corrected chi connectivity index (χ2v) is 7.58. The Bertz CT molecular complexity index is 444. The first kappa shape index (κ1) is 23.3. The van der Waals surface area contributed by atoms with Crippen LogP contribution in [0.1, 0.15) is 64.7 Å². The van der Waals surface area contributed by atoms with E-state index in [9.17, 15) is 9.46 Å². The number of phosphoric ester groups is 1. The Hall–Kier alpha value is -0.680. The molecule has 0 unspecified atom stereocenters. The quantitative estimate of drug-likeness (QED) is 0.324. The highest BCUT2D eigenvalue weighted by Crippen LogP contribution is 2.34. The number of aryl methyl sites for hydroxylation is 2. The smallest absolute Gasteiger partial charge is 0.267 e. The standard InChI is InChI=1S/C15H29N2.C2H7O4P/c1-3-4-5-6-7-8-9-10-11-12-17-14-13-16(2)15-17;1-5-7(3,4)6-2/h13-15H,3-12H2,1-2H3;1-2H3,(H,3,4)/q+1;/p-1. The van der Waals surface area contributed by atoms with Crippen molar-refractivity contribution in [1.29, 1.82) is 0 Å². The third-order valence-electron chi connectivity index (χ3n) is 3.79. The number of aromatic nitrogens is 2. The molecule has 1 aromatic rings. The van der Waals surface area contributed by atoms with Gasteiger partial charge >= 0.3 is 0 Å². The Morgan fingerprint density at radius 3 is 1.88 bits per heavy atom. The molecule has 7 heteroatoms. The highest BCUT2D eigenvalue weighted by Gasteiger charge is 1.99. The molecular formula is C17H35N2O4P. The van der Waals surface area contributed by atoms with Gasteiger partial charge in [-0.3, -0.25) is 4.57 Å². The van der Waals surface area contributed by atoms with E-state index in [4.69, 9.17) is 0 Å². The number of phosphoric acid groups is 1. The molecule has 24 heavy (non-hydrogen) atoms. The van der Waals surface area contributed by atoms with Crippen molar-refractivity contribution >= 4 is 7.82 Å². The third-order valence-corrected chi connectivity index (χ3v) is 4.69. The van der Waals surface area contributed by atoms with Gasteiger partial charge in [-0.05, 0) is 12.8 Å². The Labute approximate surface area is 147 Å². The summed E-state index contributed by atoms with van der Waals surface area (Å²) >= 11 is 0. The van der Waals surface area contributed by atoms with Crippen molar-refractivity contribution in [2.45, 2.75) is 71.3 Å². The van der Waals surface area contributed by atoms with Crippen LogP contribution in [0.4, 0.5) is 0 Å². The van der Waals surface area contributed by atoms with E-state index in [1.165, 1.54) is 64.3 Å². The lowest BCUT2D eigenvalue weighted by Gasteiger charge is -2.16. The SMILES string of the molecule is CCCCCCCCCCCn1cc[n+](C)c1.COP(=O)([O-])OC. The zero-order valence-corrected chi connectivity index (χ0v) is 16.7. The second-order valence-electron chi connectivity index (χ2n) is 5.96. The first-order valence-corrected chi connectivity index (χ1v) is 10.3. The fourth-order valence-corrected chi connectivity index (χ4v) is 2.46. The van der Waals surface area contributed by atoms with Gasteiger partial charge in [0.15, 0.2) is 0 Å². The number of rotatable bonds is 12. The maximum atomic E-state index is 9.95. The number of imidazole rings is 1. The number of unbranched alkanes of at least 4 members (excludes halogenated alkanes) is 8. The summed E-state index contributed by atoms with van der Waals surface area (Å²) in [6.07, 6.45) is 19.1. The van der Waals surface area contributed by atoms with Crippen LogP contribution in [-0.4, -0.2) is 18.8 Å². The summed E-state index contributed by atoms with van der Waals surface area (Å²) in [5, 5.41) is 0. The van der Waals surface area contributed by atoms with Gasteiger partial charge in [0.2, 0.25) is 6.33 Å². The van der Waals surface area contributed by atoms with Crippen LogP contribution < -0.4 is 9.46 Å². The van der Waals surface area contributed by atoms with Gasteiger partial charge in [-0.2, -0.15) is 0 Å². The molecule has 6 nitrogen and oxygen atoms in total. The molecule has 142 valence electrons. The van der Waals surface area contributed by atoms with Crippen molar-refractivity contribution in [2.75, 3.05) is 14.2 Å². The molecule has 0 atom stereocenters. The van der Waals surface area contributed by atoms with Crippen molar-refractivity contribution in [3.63, 3.8) is 0 Å². The molecule has 0 aromatic carbocycles. The van der Waals surface area contributed by atoms with E-state index in [-0.39, 0.29) is 0 Å². The van der Waals surface area contributed by atoms with Crippen LogP contribution in [0.15, 0.2) is 18.7 Å². The first-order valence-electron chi connectivity index (χ1n) is 8.88. The van der Waals surface area contributed by atoms with E-state index in [0.717, 1.165) is 14.2 Å². The minimum absolute atomic E-state index is 1.04. The van der Waals surface area contributed by atoms with Crippen LogP contribution in [0.5, 0.6) is 0 Å². The Morgan fingerprint density at radius 1 is 1.00 bits per heavy atom. The Balaban J connectivity index is 0.000000640. The van der Waals surface area contributed by atoms with Crippen molar-refractivity contribution < 1.29 is 23.1 Å². The van der Waals surface area contributed by atoms with Gasteiger partial charge < -0.3 is 13.9 Å². The summed E-state index contributed by atoms with van der Waals surface area (Å²) in [6, 6.07) is 0. The summed E-state index contributed by atoms with van der Waals surface area (Å²) in [4.78, 5) is 9.95. The lowest BCUT2D eigenvalue weighted by molar-refractivity contribution is -0.671. The van der Waals surface area contributed by atoms with E-state index < -0.39 is 7.82 Å². The summed E-state index contributed by atoms with van der Waals surface area (Å²) in [5.41, 5.74) is 0. The van der Waals surface area contributed by atoms with Crippen molar-refractivity contribution in [3.05, 3.63) is 18.7 Å². The number of hydrogen-bond acceptors (Lipinski definition) is 4. The van der Waals surface area contributed by atoms with Crippen LogP contribution in [0.25, 0.3) is 0 Å². The first-order chi connectivity index (χ1) is 11.4. The summed E-state index contributed by atoms with van der Waals surface area (Å²) in [6.45, 7) is 3.46. The summed E-state index contributed by atoms with van der Waals surface area (Å²) in [5.74, 6) is 0. The van der Waals surface area contributed by atoms with Crippen LogP contribution in [-0.2, 0) is 27.2 Å². The maximum absolute atomic E-state index is 9.95. The molecule has 0 amide bonds. The number of nitrogens with zero attached hydrogens (tertiary/aromatic N) is 2. The molecule has 0 aliphatic heterocycles. The van der Waals surface area contributed by atoms with Gasteiger partial charge in [0.05, 0.1) is 13.6 Å². The lowest BCUT2D eigenvalue weighted by atomic mass is 10.1. The van der Waals surface area contributed by atoms with Crippen molar-refractivity contribution in [2.24, 2.45) is 7.05 Å². The molecule has 0 spiro atoms. The molecule has 0 aliphatic rings. The molecule has 0 saturated carbocycles. The molecule has 0 radical (unpaired) electrons. The molecule has 0 bridgehead atoms. The van der Waals surface area contributed by atoms with Gasteiger partial charge in [0.25, 0.3) is 7.82 Å². The molecular weight excluding hydrogens is 327 g/mol. The Kier molecular flexibility index (Phi) is 14.2. The van der Waals surface area contributed by atoms with Crippen LogP contribution in [0, 0.1) is 0 Å². The van der Waals surface area contributed by atoms with Crippen LogP contribution in [0.2, 0.25) is 0 Å². The van der Waals surface area contributed by atoms with Gasteiger partial charge in [-0.15, -0.1) is 0 Å². The van der Waals surface area contributed by atoms with E-state index in [1.54, 1.807) is 0 Å². The summed E-state index contributed by atoms with van der Waals surface area (Å²) < 4.78 is 22.1. The fourth-order valence-electron chi connectivity index (χ4n) is 2.31. The normalized spacial score (nSPS) is 11.2. The summed E-state index contributed by atoms with van der Waals surface area (Å²) in [7, 11) is 0.250. The molecule has 1 heterocycles. The van der Waals surface area contributed by atoms with Crippen LogP contribution >= 0.6 is 7.82 Å². The third kappa shape index (κ3) is 13.7. The largest absolute Gasteiger partial charge is 0.756 e. The van der Waals surface area contributed by atoms with Crippen molar-refractivity contribution in [3.8, 4) is 0 Å². The average molecular weight is 362 g/mol. The minimum Gasteiger partial charge on any atom is -0.756 e. The maximum Gasteiger partial charge on any atom is 0.267 e. The molecule has 0 fully saturated rings. The van der Waals surface area contributed by atoms with Crippen molar-refractivity contribution in [1.82, 2.24) is 4.57 Å². The second kappa shape index (κ2) is 14.6. The zero-order chi connectivity index (χ0) is 18.3. The topological polar surface area (TPSA) is 67.4 Å². The lowest BCUT2D eigenvalue weighted by Crippen LogP contribution is -2.23. The predicted octanol–water partition coefficient (Wildman–Crippen LogP) is 3.59. The molecule has 0 saturated heterocycles. The van der Waals surface area contributed by atoms with Gasteiger partial charge in [0.1, 0.15) is 12.4 Å². The van der Waals surface area contributed by atoms with E-state index in [1.807, 2.05) is 0 Å². The van der Waals surface area contributed by atoms with Gasteiger partial charge in [-0.25, -0.2) is 9.13 Å². The average Bonchev–Trinajstić information content (AvgIpc) is 2.99. The Morgan fingerprint density at radius 2 is 1.50 bits per heavy atom. The highest BCUT2D eigenvalue weighted by atomic mass is 31.2. The molecule has 1 rings (SSSR count). The zero-order valence-electron chi connectivity index (χ0n) is 15.8. The van der Waals surface area contributed by atoms with E-state index in [0.29, 0.717) is 0 Å². The highest BCUT2D eigenvalue weighted by molar-refractivity contribution is 7.45. The van der Waals surface area contributed by atoms with Crippen LogP contribution in [0.3, 0.4) is 0 Å². The molecule has 0 N–H and O–H groups in total. The predicted molar refractivity (Wildman–Crippen MR) is 94.5 cm³/mol. The minimum atomic E-state index is -3.90. The van der Waals surface area contributed by atoms with E-state index in [2.05, 4.69) is 50.9 Å². The van der Waals surface area contributed by atoms with Gasteiger partial charge in [-0.1, -0.05) is 51.9 Å². The monoisotopic (exact) mass is 362 g/mol. The van der Waals surface area contributed by atoms with E-state index >= 15 is 0 Å². The molecule has 0 aliphatic carbocycles.